The first-order valence-electron chi connectivity index (χ1n) is 14.1. The zero-order valence-electron chi connectivity index (χ0n) is 24.5. The van der Waals surface area contributed by atoms with Gasteiger partial charge < -0.3 is 20.3 Å². The lowest BCUT2D eigenvalue weighted by molar-refractivity contribution is -0.150. The van der Waals surface area contributed by atoms with Crippen molar-refractivity contribution in [1.29, 1.82) is 0 Å². The molecule has 3 aromatic heterocycles. The minimum atomic E-state index is -4.66. The van der Waals surface area contributed by atoms with Crippen LogP contribution >= 0.6 is 0 Å². The van der Waals surface area contributed by atoms with E-state index < -0.39 is 85.7 Å². The van der Waals surface area contributed by atoms with E-state index in [4.69, 9.17) is 8.85 Å². The van der Waals surface area contributed by atoms with E-state index in [1.165, 1.54) is 30.1 Å². The summed E-state index contributed by atoms with van der Waals surface area (Å²) in [6.07, 6.45) is -2.76. The van der Waals surface area contributed by atoms with E-state index in [-0.39, 0.29) is 30.8 Å². The molecule has 3 aromatic rings. The summed E-state index contributed by atoms with van der Waals surface area (Å²) in [5.41, 5.74) is -0.582. The highest BCUT2D eigenvalue weighted by Crippen LogP contribution is 2.41. The van der Waals surface area contributed by atoms with Gasteiger partial charge in [0.1, 0.15) is 11.7 Å². The summed E-state index contributed by atoms with van der Waals surface area (Å²) in [7, 11) is 1.32. The molecule has 0 radical (unpaired) electrons. The van der Waals surface area contributed by atoms with Crippen LogP contribution in [-0.4, -0.2) is 80.2 Å². The Morgan fingerprint density at radius 3 is 2.76 bits per heavy atom. The maximum atomic E-state index is 14.0. The highest BCUT2D eigenvalue weighted by atomic mass is 19.4. The van der Waals surface area contributed by atoms with Gasteiger partial charge in [-0.15, -0.1) is 0 Å². The summed E-state index contributed by atoms with van der Waals surface area (Å²) in [4.78, 5) is 31.1. The Morgan fingerprint density at radius 2 is 2.10 bits per heavy atom. The number of nitrogens with one attached hydrogen (secondary N) is 2. The second-order valence-corrected chi connectivity index (χ2v) is 10.0. The third kappa shape index (κ3) is 5.94. The lowest BCUT2D eigenvalue weighted by Gasteiger charge is -2.33. The van der Waals surface area contributed by atoms with Gasteiger partial charge in [0.25, 0.3) is 5.91 Å². The lowest BCUT2D eigenvalue weighted by atomic mass is 9.81. The van der Waals surface area contributed by atoms with Crippen LogP contribution < -0.4 is 10.6 Å². The number of aryl methyl sites for hydroxylation is 1. The van der Waals surface area contributed by atoms with Crippen LogP contribution in [-0.2, 0) is 4.74 Å². The number of hydrogen-bond acceptors (Lipinski definition) is 8. The Labute approximate surface area is 233 Å². The van der Waals surface area contributed by atoms with Crippen LogP contribution in [0.1, 0.15) is 69.3 Å². The molecule has 1 aliphatic carbocycles. The van der Waals surface area contributed by atoms with Gasteiger partial charge in [0.05, 0.1) is 43.3 Å². The normalized spacial score (nSPS) is 22.6. The lowest BCUT2D eigenvalue weighted by Crippen LogP contribution is -2.40. The molecule has 0 spiro atoms. The number of ether oxygens (including phenoxy) is 1. The summed E-state index contributed by atoms with van der Waals surface area (Å²) in [6.45, 7) is -3.63. The van der Waals surface area contributed by atoms with Gasteiger partial charge in [-0.1, -0.05) is 5.16 Å². The van der Waals surface area contributed by atoms with E-state index in [2.05, 4.69) is 30.3 Å². The SMILES string of the molecule is [2H]C([2H])([2H])c1nonc1C(=O)N[C@H](c1cn2ncc([C@@H](COC)N3C[C@@H](C(F)(F)F)NC3=O)cc2n1)C1CCC(F)(F)CC1. The number of methoxy groups -OCH3 is 1. The summed E-state index contributed by atoms with van der Waals surface area (Å²) in [5.74, 6) is -4.38. The summed E-state index contributed by atoms with van der Waals surface area (Å²) < 4.78 is 102. The van der Waals surface area contributed by atoms with Gasteiger partial charge in [-0.05, 0) is 36.8 Å². The molecular formula is C24H27F5N8O4. The first-order chi connectivity index (χ1) is 20.6. The van der Waals surface area contributed by atoms with Gasteiger partial charge in [0.15, 0.2) is 11.3 Å². The van der Waals surface area contributed by atoms with Gasteiger partial charge >= 0.3 is 12.2 Å². The second-order valence-electron chi connectivity index (χ2n) is 10.0. The molecule has 222 valence electrons. The predicted molar refractivity (Wildman–Crippen MR) is 129 cm³/mol. The Hall–Kier alpha value is -3.89. The van der Waals surface area contributed by atoms with Gasteiger partial charge in [0, 0.05) is 29.6 Å². The fourth-order valence-electron chi connectivity index (χ4n) is 5.15. The molecular weight excluding hydrogens is 559 g/mol. The maximum absolute atomic E-state index is 14.0. The summed E-state index contributed by atoms with van der Waals surface area (Å²) >= 11 is 0. The fraction of sp³-hybridized carbons (Fsp3) is 0.583. The molecule has 2 fully saturated rings. The van der Waals surface area contributed by atoms with Gasteiger partial charge in [-0.3, -0.25) is 4.79 Å². The largest absolute Gasteiger partial charge is 0.410 e. The van der Waals surface area contributed by atoms with Gasteiger partial charge in [-0.25, -0.2) is 27.7 Å². The van der Waals surface area contributed by atoms with Crippen LogP contribution in [0.2, 0.25) is 0 Å². The number of halogens is 5. The van der Waals surface area contributed by atoms with Crippen LogP contribution in [0.25, 0.3) is 5.65 Å². The number of urea groups is 1. The number of nitrogens with zero attached hydrogens (tertiary/aromatic N) is 6. The number of imidazole rings is 1. The zero-order chi connectivity index (χ0) is 32.0. The molecule has 0 aromatic carbocycles. The molecule has 3 amide bonds. The topological polar surface area (TPSA) is 140 Å². The minimum Gasteiger partial charge on any atom is -0.382 e. The number of aromatic nitrogens is 5. The second kappa shape index (κ2) is 10.8. The van der Waals surface area contributed by atoms with E-state index in [9.17, 15) is 31.5 Å². The Kier molecular flexibility index (Phi) is 6.57. The van der Waals surface area contributed by atoms with Crippen molar-refractivity contribution in [2.45, 2.75) is 62.8 Å². The van der Waals surface area contributed by atoms with E-state index >= 15 is 0 Å². The Morgan fingerprint density at radius 1 is 1.34 bits per heavy atom. The van der Waals surface area contributed by atoms with E-state index in [1.54, 1.807) is 0 Å². The molecule has 0 bridgehead atoms. The number of hydrogen-bond donors (Lipinski definition) is 2. The average Bonchev–Trinajstić information content (AvgIpc) is 3.68. The van der Waals surface area contributed by atoms with Crippen molar-refractivity contribution in [3.8, 4) is 0 Å². The monoisotopic (exact) mass is 589 g/mol. The Balaban J connectivity index is 1.46. The molecule has 1 aliphatic heterocycles. The first kappa shape index (κ1) is 24.9. The molecule has 3 atom stereocenters. The van der Waals surface area contributed by atoms with Crippen LogP contribution in [0.5, 0.6) is 0 Å². The molecule has 0 unspecified atom stereocenters. The number of alkyl halides is 5. The van der Waals surface area contributed by atoms with Crippen molar-refractivity contribution in [2.75, 3.05) is 20.3 Å². The number of carbonyl (C=O) groups is 2. The third-order valence-electron chi connectivity index (χ3n) is 7.32. The number of carbonyl (C=O) groups excluding carboxylic acids is 2. The molecule has 1 saturated heterocycles. The summed E-state index contributed by atoms with van der Waals surface area (Å²) in [6, 6.07) is -3.47. The third-order valence-corrected chi connectivity index (χ3v) is 7.32. The van der Waals surface area contributed by atoms with Crippen molar-refractivity contribution in [3.05, 3.63) is 41.1 Å². The van der Waals surface area contributed by atoms with Crippen molar-refractivity contribution >= 4 is 17.6 Å². The first-order valence-corrected chi connectivity index (χ1v) is 12.6. The highest BCUT2D eigenvalue weighted by molar-refractivity contribution is 5.93. The van der Waals surface area contributed by atoms with Crippen molar-refractivity contribution in [2.24, 2.45) is 5.92 Å². The number of rotatable bonds is 8. The smallest absolute Gasteiger partial charge is 0.382 e. The van der Waals surface area contributed by atoms with Crippen molar-refractivity contribution < 1.29 is 45.0 Å². The van der Waals surface area contributed by atoms with E-state index in [1.807, 2.05) is 5.32 Å². The minimum absolute atomic E-state index is 0.00798. The van der Waals surface area contributed by atoms with E-state index in [0.717, 1.165) is 4.90 Å². The molecule has 1 saturated carbocycles. The van der Waals surface area contributed by atoms with Crippen molar-refractivity contribution in [3.63, 3.8) is 0 Å². The zero-order valence-corrected chi connectivity index (χ0v) is 21.5. The molecule has 41 heavy (non-hydrogen) atoms. The average molecular weight is 590 g/mol. The van der Waals surface area contributed by atoms with Crippen LogP contribution in [0.15, 0.2) is 23.1 Å². The van der Waals surface area contributed by atoms with E-state index in [0.29, 0.717) is 5.56 Å². The molecule has 12 nitrogen and oxygen atoms in total. The molecule has 2 N–H and O–H groups in total. The van der Waals surface area contributed by atoms with Crippen LogP contribution in [0.3, 0.4) is 0 Å². The quantitative estimate of drug-likeness (QED) is 0.382. The predicted octanol–water partition coefficient (Wildman–Crippen LogP) is 3.36. The molecule has 5 rings (SSSR count). The van der Waals surface area contributed by atoms with Gasteiger partial charge in [-0.2, -0.15) is 18.3 Å². The standard InChI is InChI=1S/C24H27F5N8O4/c1-12-19(35-41-34-12)21(38)33-20(13-3-5-23(25,26)6-4-13)15-9-37-18(31-15)7-14(8-30-37)16(11-40-2)36-10-17(24(27,28)29)32-22(36)39/h7-9,13,16-17,20H,3-6,10-11H2,1-2H3,(H,32,39)(H,33,38)/t16-,17+,20+/m1/s1/i1D3. The van der Waals surface area contributed by atoms with Crippen molar-refractivity contribution in [1.82, 2.24) is 40.4 Å². The summed E-state index contributed by atoms with van der Waals surface area (Å²) in [5, 5.41) is 15.6. The number of amides is 3. The molecule has 17 heteroatoms. The maximum Gasteiger partial charge on any atom is 0.410 e. The molecule has 4 heterocycles. The fourth-order valence-corrected chi connectivity index (χ4v) is 5.15. The highest BCUT2D eigenvalue weighted by Gasteiger charge is 2.48. The Bertz CT molecular complexity index is 1520. The van der Waals surface area contributed by atoms with Crippen LogP contribution in [0.4, 0.5) is 26.7 Å². The van der Waals surface area contributed by atoms with Gasteiger partial charge in [0.2, 0.25) is 5.92 Å². The number of fused-ring (bicyclic) bond motifs is 1. The molecule has 2 aliphatic rings. The van der Waals surface area contributed by atoms with Crippen LogP contribution in [0, 0.1) is 12.8 Å².